The number of aliphatic hydroxyl groups is 1. The van der Waals surface area contributed by atoms with Crippen molar-refractivity contribution in [2.75, 3.05) is 6.61 Å². The minimum Gasteiger partial charge on any atom is -0.493 e. The highest BCUT2D eigenvalue weighted by atomic mass is 79.9. The van der Waals surface area contributed by atoms with Gasteiger partial charge in [-0.1, -0.05) is 40.2 Å². The topological polar surface area (TPSA) is 29.5 Å². The first-order valence-corrected chi connectivity index (χ1v) is 7.65. The summed E-state index contributed by atoms with van der Waals surface area (Å²) in [5.74, 6) is 0.866. The molecule has 1 atom stereocenters. The summed E-state index contributed by atoms with van der Waals surface area (Å²) in [7, 11) is 0. The van der Waals surface area contributed by atoms with Crippen LogP contribution in [0.25, 0.3) is 0 Å². The van der Waals surface area contributed by atoms with Crippen LogP contribution in [0.15, 0.2) is 40.9 Å². The Bertz CT molecular complexity index is 637. The zero-order chi connectivity index (χ0) is 14.1. The Morgan fingerprint density at radius 2 is 2.05 bits per heavy atom. The van der Waals surface area contributed by atoms with Crippen LogP contribution in [-0.4, -0.2) is 11.7 Å². The molecular weight excluding hydrogens is 316 g/mol. The van der Waals surface area contributed by atoms with E-state index in [4.69, 9.17) is 4.74 Å². The number of benzene rings is 2. The number of ether oxygens (including phenoxy) is 1. The van der Waals surface area contributed by atoms with Crippen molar-refractivity contribution in [2.45, 2.75) is 25.9 Å². The molecule has 0 bridgehead atoms. The van der Waals surface area contributed by atoms with Gasteiger partial charge in [0.1, 0.15) is 11.9 Å². The number of hydrogen-bond acceptors (Lipinski definition) is 2. The highest BCUT2D eigenvalue weighted by molar-refractivity contribution is 9.10. The largest absolute Gasteiger partial charge is 0.493 e. The van der Waals surface area contributed by atoms with Crippen LogP contribution >= 0.6 is 15.9 Å². The smallest absolute Gasteiger partial charge is 0.128 e. The van der Waals surface area contributed by atoms with Crippen molar-refractivity contribution in [3.8, 4) is 5.75 Å². The summed E-state index contributed by atoms with van der Waals surface area (Å²) in [4.78, 5) is 0. The third-order valence-corrected chi connectivity index (χ3v) is 4.29. The molecule has 1 N–H and O–H groups in total. The summed E-state index contributed by atoms with van der Waals surface area (Å²) in [5, 5.41) is 10.8. The first-order valence-electron chi connectivity index (χ1n) is 6.85. The third kappa shape index (κ3) is 2.48. The van der Waals surface area contributed by atoms with Gasteiger partial charge in [0.15, 0.2) is 0 Å². The van der Waals surface area contributed by atoms with Crippen LogP contribution in [0.4, 0.5) is 0 Å². The van der Waals surface area contributed by atoms with Crippen LogP contribution in [0.3, 0.4) is 0 Å². The van der Waals surface area contributed by atoms with E-state index >= 15 is 0 Å². The maximum atomic E-state index is 10.8. The van der Waals surface area contributed by atoms with Gasteiger partial charge in [0, 0.05) is 10.0 Å². The van der Waals surface area contributed by atoms with Crippen molar-refractivity contribution in [2.24, 2.45) is 0 Å². The molecule has 0 aromatic heterocycles. The Morgan fingerprint density at radius 3 is 2.90 bits per heavy atom. The minimum absolute atomic E-state index is 0.652. The van der Waals surface area contributed by atoms with E-state index in [1.807, 2.05) is 37.3 Å². The number of halogens is 1. The van der Waals surface area contributed by atoms with Gasteiger partial charge >= 0.3 is 0 Å². The lowest BCUT2D eigenvalue weighted by atomic mass is 9.93. The summed E-state index contributed by atoms with van der Waals surface area (Å²) >= 11 is 3.47. The summed E-state index contributed by atoms with van der Waals surface area (Å²) < 4.78 is 6.77. The molecule has 0 amide bonds. The molecule has 1 heterocycles. The zero-order valence-corrected chi connectivity index (χ0v) is 13.0. The van der Waals surface area contributed by atoms with E-state index in [2.05, 4.69) is 22.0 Å². The molecule has 0 radical (unpaired) electrons. The quantitative estimate of drug-likeness (QED) is 0.894. The van der Waals surface area contributed by atoms with Crippen molar-refractivity contribution in [3.05, 3.63) is 63.1 Å². The lowest BCUT2D eigenvalue weighted by Crippen LogP contribution is -2.13. The SMILES string of the molecule is Cc1ccc(Br)cc1C(O)c1cccc2c1OCCC2. The predicted molar refractivity (Wildman–Crippen MR) is 83.2 cm³/mol. The van der Waals surface area contributed by atoms with Crippen molar-refractivity contribution in [1.29, 1.82) is 0 Å². The number of hydrogen-bond donors (Lipinski definition) is 1. The average molecular weight is 333 g/mol. The van der Waals surface area contributed by atoms with Crippen LogP contribution < -0.4 is 4.74 Å². The number of fused-ring (bicyclic) bond motifs is 1. The van der Waals surface area contributed by atoms with E-state index in [0.717, 1.165) is 46.4 Å². The van der Waals surface area contributed by atoms with E-state index in [1.165, 1.54) is 5.56 Å². The zero-order valence-electron chi connectivity index (χ0n) is 11.4. The first kappa shape index (κ1) is 13.7. The molecule has 0 aliphatic carbocycles. The fourth-order valence-electron chi connectivity index (χ4n) is 2.70. The monoisotopic (exact) mass is 332 g/mol. The van der Waals surface area contributed by atoms with E-state index in [-0.39, 0.29) is 0 Å². The third-order valence-electron chi connectivity index (χ3n) is 3.79. The Balaban J connectivity index is 2.06. The minimum atomic E-state index is -0.652. The van der Waals surface area contributed by atoms with Gasteiger partial charge in [-0.25, -0.2) is 0 Å². The molecule has 104 valence electrons. The second-order valence-corrected chi connectivity index (χ2v) is 6.11. The van der Waals surface area contributed by atoms with Gasteiger partial charge in [0.25, 0.3) is 0 Å². The first-order chi connectivity index (χ1) is 9.66. The summed E-state index contributed by atoms with van der Waals surface area (Å²) in [5.41, 5.74) is 4.06. The van der Waals surface area contributed by atoms with Gasteiger partial charge in [0.05, 0.1) is 6.61 Å². The summed E-state index contributed by atoms with van der Waals surface area (Å²) in [6.45, 7) is 2.75. The Hall–Kier alpha value is -1.32. The standard InChI is InChI=1S/C17H17BrO2/c1-11-7-8-13(18)10-15(11)16(19)14-6-2-4-12-5-3-9-20-17(12)14/h2,4,6-8,10,16,19H,3,5,9H2,1H3. The van der Waals surface area contributed by atoms with Crippen molar-refractivity contribution >= 4 is 15.9 Å². The van der Waals surface area contributed by atoms with Crippen LogP contribution in [0.5, 0.6) is 5.75 Å². The maximum Gasteiger partial charge on any atom is 0.128 e. The number of rotatable bonds is 2. The molecule has 3 rings (SSSR count). The van der Waals surface area contributed by atoms with Gasteiger partial charge in [-0.05, 0) is 48.6 Å². The highest BCUT2D eigenvalue weighted by Crippen LogP contribution is 2.37. The molecule has 0 saturated heterocycles. The molecule has 1 aliphatic rings. The molecule has 1 unspecified atom stereocenters. The highest BCUT2D eigenvalue weighted by Gasteiger charge is 2.21. The lowest BCUT2D eigenvalue weighted by molar-refractivity contribution is 0.206. The van der Waals surface area contributed by atoms with E-state index in [0.29, 0.717) is 0 Å². The molecule has 0 saturated carbocycles. The molecule has 2 aromatic rings. The van der Waals surface area contributed by atoms with Crippen molar-refractivity contribution < 1.29 is 9.84 Å². The van der Waals surface area contributed by atoms with Crippen LogP contribution in [-0.2, 0) is 6.42 Å². The number of aryl methyl sites for hydroxylation is 2. The second-order valence-electron chi connectivity index (χ2n) is 5.19. The lowest BCUT2D eigenvalue weighted by Gasteiger charge is -2.23. The van der Waals surface area contributed by atoms with E-state index in [1.54, 1.807) is 0 Å². The van der Waals surface area contributed by atoms with Gasteiger partial charge < -0.3 is 9.84 Å². The van der Waals surface area contributed by atoms with Crippen LogP contribution in [0.1, 0.15) is 34.8 Å². The molecule has 0 spiro atoms. The van der Waals surface area contributed by atoms with Gasteiger partial charge in [-0.2, -0.15) is 0 Å². The molecule has 1 aliphatic heterocycles. The molecular formula is C17H17BrO2. The van der Waals surface area contributed by atoms with Crippen molar-refractivity contribution in [1.82, 2.24) is 0 Å². The van der Waals surface area contributed by atoms with Crippen LogP contribution in [0, 0.1) is 6.92 Å². The Labute approximate surface area is 127 Å². The maximum absolute atomic E-state index is 10.8. The summed E-state index contributed by atoms with van der Waals surface area (Å²) in [6.07, 6.45) is 1.41. The van der Waals surface area contributed by atoms with Gasteiger partial charge in [-0.15, -0.1) is 0 Å². The average Bonchev–Trinajstić information content (AvgIpc) is 2.48. The normalized spacial score (nSPS) is 15.3. The fraction of sp³-hybridized carbons (Fsp3) is 0.294. The molecule has 2 aromatic carbocycles. The predicted octanol–water partition coefficient (Wildman–Crippen LogP) is 4.16. The van der Waals surface area contributed by atoms with Crippen LogP contribution in [0.2, 0.25) is 0 Å². The second kappa shape index (κ2) is 5.58. The van der Waals surface area contributed by atoms with E-state index < -0.39 is 6.10 Å². The summed E-state index contributed by atoms with van der Waals surface area (Å²) in [6, 6.07) is 12.0. The van der Waals surface area contributed by atoms with Crippen molar-refractivity contribution in [3.63, 3.8) is 0 Å². The number of aliphatic hydroxyl groups excluding tert-OH is 1. The van der Waals surface area contributed by atoms with Gasteiger partial charge in [-0.3, -0.25) is 0 Å². The molecule has 2 nitrogen and oxygen atoms in total. The Morgan fingerprint density at radius 1 is 1.20 bits per heavy atom. The molecule has 0 fully saturated rings. The Kier molecular flexibility index (Phi) is 3.81. The molecule has 3 heteroatoms. The fourth-order valence-corrected chi connectivity index (χ4v) is 3.08. The molecule has 20 heavy (non-hydrogen) atoms. The number of para-hydroxylation sites is 1. The van der Waals surface area contributed by atoms with Gasteiger partial charge in [0.2, 0.25) is 0 Å². The van der Waals surface area contributed by atoms with E-state index in [9.17, 15) is 5.11 Å².